The molecule has 0 saturated heterocycles. The van der Waals surface area contributed by atoms with Gasteiger partial charge >= 0.3 is 5.69 Å². The molecule has 0 aliphatic rings. The molecule has 20 heavy (non-hydrogen) atoms. The molecule has 0 saturated carbocycles. The van der Waals surface area contributed by atoms with Crippen molar-refractivity contribution in [3.05, 3.63) is 33.9 Å². The summed E-state index contributed by atoms with van der Waals surface area (Å²) < 4.78 is 4.91. The number of rotatable bonds is 6. The van der Waals surface area contributed by atoms with Crippen molar-refractivity contribution in [1.29, 1.82) is 0 Å². The number of hydrogen-bond donors (Lipinski definition) is 2. The number of benzene rings is 1. The van der Waals surface area contributed by atoms with E-state index in [0.29, 0.717) is 12.1 Å². The summed E-state index contributed by atoms with van der Waals surface area (Å²) in [7, 11) is 1.32. The van der Waals surface area contributed by atoms with Gasteiger partial charge in [0.2, 0.25) is 0 Å². The van der Waals surface area contributed by atoms with E-state index in [1.165, 1.54) is 25.3 Å². The maximum absolute atomic E-state index is 11.9. The quantitative estimate of drug-likeness (QED) is 0.604. The third-order valence-electron chi connectivity index (χ3n) is 2.99. The number of nitrogens with zero attached hydrogens (tertiary/aromatic N) is 1. The van der Waals surface area contributed by atoms with E-state index in [9.17, 15) is 14.9 Å². The van der Waals surface area contributed by atoms with Gasteiger partial charge in [-0.15, -0.1) is 0 Å². The van der Waals surface area contributed by atoms with Crippen LogP contribution in [0.3, 0.4) is 0 Å². The lowest BCUT2D eigenvalue weighted by molar-refractivity contribution is -0.385. The SMILES string of the molecule is COc1cc(C(=O)NCC(N)C(C)C)ccc1[N+](=O)[O-]. The maximum atomic E-state index is 11.9. The molecule has 0 aromatic heterocycles. The van der Waals surface area contributed by atoms with E-state index in [1.807, 2.05) is 13.8 Å². The number of nitro groups is 1. The lowest BCUT2D eigenvalue weighted by atomic mass is 10.1. The molecule has 0 bridgehead atoms. The van der Waals surface area contributed by atoms with E-state index in [-0.39, 0.29) is 29.3 Å². The predicted molar refractivity (Wildman–Crippen MR) is 74.8 cm³/mol. The van der Waals surface area contributed by atoms with Crippen LogP contribution in [0.1, 0.15) is 24.2 Å². The third-order valence-corrected chi connectivity index (χ3v) is 2.99. The van der Waals surface area contributed by atoms with Crippen LogP contribution in [0.4, 0.5) is 5.69 Å². The van der Waals surface area contributed by atoms with Gasteiger partial charge in [0.05, 0.1) is 12.0 Å². The molecule has 0 spiro atoms. The highest BCUT2D eigenvalue weighted by Gasteiger charge is 2.18. The molecule has 0 fully saturated rings. The summed E-state index contributed by atoms with van der Waals surface area (Å²) in [6.45, 7) is 4.27. The van der Waals surface area contributed by atoms with E-state index >= 15 is 0 Å². The lowest BCUT2D eigenvalue weighted by Gasteiger charge is -2.16. The molecule has 7 nitrogen and oxygen atoms in total. The molecule has 1 unspecified atom stereocenters. The molecule has 0 radical (unpaired) electrons. The molecule has 1 aromatic rings. The van der Waals surface area contributed by atoms with E-state index in [1.54, 1.807) is 0 Å². The fourth-order valence-corrected chi connectivity index (χ4v) is 1.52. The van der Waals surface area contributed by atoms with Crippen LogP contribution in [0.2, 0.25) is 0 Å². The zero-order valence-electron chi connectivity index (χ0n) is 11.8. The van der Waals surface area contributed by atoms with E-state index in [4.69, 9.17) is 10.5 Å². The summed E-state index contributed by atoms with van der Waals surface area (Å²) in [5.41, 5.74) is 5.95. The number of carbonyl (C=O) groups excluding carboxylic acids is 1. The van der Waals surface area contributed by atoms with Crippen molar-refractivity contribution in [2.75, 3.05) is 13.7 Å². The van der Waals surface area contributed by atoms with E-state index in [2.05, 4.69) is 5.32 Å². The minimum atomic E-state index is -0.560. The second-order valence-corrected chi connectivity index (χ2v) is 4.76. The first kappa shape index (κ1) is 15.9. The van der Waals surface area contributed by atoms with E-state index in [0.717, 1.165) is 0 Å². The molecule has 3 N–H and O–H groups in total. The Bertz CT molecular complexity index is 502. The van der Waals surface area contributed by atoms with Gasteiger partial charge in [0.15, 0.2) is 5.75 Å². The number of nitrogens with one attached hydrogen (secondary N) is 1. The van der Waals surface area contributed by atoms with Gasteiger partial charge in [0.25, 0.3) is 5.91 Å². The normalized spacial score (nSPS) is 12.1. The minimum absolute atomic E-state index is 0.0517. The first-order chi connectivity index (χ1) is 9.36. The maximum Gasteiger partial charge on any atom is 0.310 e. The Morgan fingerprint density at radius 3 is 2.65 bits per heavy atom. The zero-order valence-corrected chi connectivity index (χ0v) is 11.8. The second kappa shape index (κ2) is 6.85. The van der Waals surface area contributed by atoms with Gasteiger partial charge < -0.3 is 15.8 Å². The molecule has 1 aromatic carbocycles. The van der Waals surface area contributed by atoms with Gasteiger partial charge in [-0.05, 0) is 12.0 Å². The number of methoxy groups -OCH3 is 1. The number of ether oxygens (including phenoxy) is 1. The second-order valence-electron chi connectivity index (χ2n) is 4.76. The average molecular weight is 281 g/mol. The Kier molecular flexibility index (Phi) is 5.45. The van der Waals surface area contributed by atoms with Crippen LogP contribution in [0.15, 0.2) is 18.2 Å². The standard InChI is InChI=1S/C13H19N3O4/c1-8(2)10(14)7-15-13(17)9-4-5-11(16(18)19)12(6-9)20-3/h4-6,8,10H,7,14H2,1-3H3,(H,15,17). The highest BCUT2D eigenvalue weighted by Crippen LogP contribution is 2.27. The fraction of sp³-hybridized carbons (Fsp3) is 0.462. The summed E-state index contributed by atoms with van der Waals surface area (Å²) >= 11 is 0. The van der Waals surface area contributed by atoms with Crippen molar-refractivity contribution in [1.82, 2.24) is 5.32 Å². The van der Waals surface area contributed by atoms with Gasteiger partial charge in [-0.3, -0.25) is 14.9 Å². The van der Waals surface area contributed by atoms with Gasteiger partial charge in [0, 0.05) is 30.3 Å². The smallest absolute Gasteiger partial charge is 0.310 e. The molecule has 1 amide bonds. The predicted octanol–water partition coefficient (Wildman–Crippen LogP) is 1.32. The number of nitrogens with two attached hydrogens (primary N) is 1. The van der Waals surface area contributed by atoms with Gasteiger partial charge in [-0.1, -0.05) is 13.8 Å². The summed E-state index contributed by atoms with van der Waals surface area (Å²) in [6, 6.07) is 3.83. The fourth-order valence-electron chi connectivity index (χ4n) is 1.52. The topological polar surface area (TPSA) is 107 Å². The molecule has 0 heterocycles. The lowest BCUT2D eigenvalue weighted by Crippen LogP contribution is -2.40. The van der Waals surface area contributed by atoms with Crippen molar-refractivity contribution in [3.8, 4) is 5.75 Å². The Labute approximate surface area is 117 Å². The monoisotopic (exact) mass is 281 g/mol. The van der Waals surface area contributed by atoms with Crippen molar-refractivity contribution in [2.24, 2.45) is 11.7 Å². The summed E-state index contributed by atoms with van der Waals surface area (Å²) in [6.07, 6.45) is 0. The molecule has 0 aliphatic carbocycles. The summed E-state index contributed by atoms with van der Waals surface area (Å²) in [5.74, 6) is -0.0354. The van der Waals surface area contributed by atoms with E-state index < -0.39 is 4.92 Å². The Balaban J connectivity index is 2.81. The number of hydrogen-bond acceptors (Lipinski definition) is 5. The number of carbonyl (C=O) groups is 1. The molecular formula is C13H19N3O4. The van der Waals surface area contributed by atoms with Crippen molar-refractivity contribution >= 4 is 11.6 Å². The Morgan fingerprint density at radius 2 is 2.15 bits per heavy atom. The minimum Gasteiger partial charge on any atom is -0.490 e. The zero-order chi connectivity index (χ0) is 15.3. The molecular weight excluding hydrogens is 262 g/mol. The molecule has 1 rings (SSSR count). The summed E-state index contributed by atoms with van der Waals surface area (Å²) in [5, 5.41) is 13.5. The van der Waals surface area contributed by atoms with Gasteiger partial charge in [-0.25, -0.2) is 0 Å². The number of amides is 1. The van der Waals surface area contributed by atoms with Gasteiger partial charge in [0.1, 0.15) is 0 Å². The highest BCUT2D eigenvalue weighted by atomic mass is 16.6. The van der Waals surface area contributed by atoms with Crippen LogP contribution >= 0.6 is 0 Å². The van der Waals surface area contributed by atoms with Crippen molar-refractivity contribution in [2.45, 2.75) is 19.9 Å². The van der Waals surface area contributed by atoms with Crippen LogP contribution in [0, 0.1) is 16.0 Å². The first-order valence-electron chi connectivity index (χ1n) is 6.23. The van der Waals surface area contributed by atoms with Crippen LogP contribution in [-0.4, -0.2) is 30.5 Å². The van der Waals surface area contributed by atoms with Crippen LogP contribution in [-0.2, 0) is 0 Å². The van der Waals surface area contributed by atoms with Gasteiger partial charge in [-0.2, -0.15) is 0 Å². The van der Waals surface area contributed by atoms with Crippen LogP contribution in [0.5, 0.6) is 5.75 Å². The van der Waals surface area contributed by atoms with Crippen molar-refractivity contribution in [3.63, 3.8) is 0 Å². The van der Waals surface area contributed by atoms with Crippen molar-refractivity contribution < 1.29 is 14.5 Å². The first-order valence-corrected chi connectivity index (χ1v) is 6.23. The molecule has 110 valence electrons. The third kappa shape index (κ3) is 3.92. The van der Waals surface area contributed by atoms with Crippen LogP contribution in [0.25, 0.3) is 0 Å². The Morgan fingerprint density at radius 1 is 1.50 bits per heavy atom. The largest absolute Gasteiger partial charge is 0.490 e. The molecule has 0 aliphatic heterocycles. The van der Waals surface area contributed by atoms with Crippen LogP contribution < -0.4 is 15.8 Å². The highest BCUT2D eigenvalue weighted by molar-refractivity contribution is 5.95. The molecule has 1 atom stereocenters. The Hall–Kier alpha value is -2.15. The molecule has 7 heteroatoms. The summed E-state index contributed by atoms with van der Waals surface area (Å²) in [4.78, 5) is 22.1. The average Bonchev–Trinajstić information content (AvgIpc) is 2.43. The number of nitro benzene ring substituents is 1.